The van der Waals surface area contributed by atoms with Gasteiger partial charge in [-0.05, 0) is 49.6 Å². The Morgan fingerprint density at radius 2 is 2.00 bits per heavy atom. The second-order valence-electron chi connectivity index (χ2n) is 6.78. The number of para-hydroxylation sites is 2. The number of piperidine rings is 1. The molecule has 1 aliphatic heterocycles. The number of amides is 1. The van der Waals surface area contributed by atoms with Crippen molar-refractivity contribution < 1.29 is 13.9 Å². The van der Waals surface area contributed by atoms with Crippen molar-refractivity contribution in [2.75, 3.05) is 19.7 Å². The summed E-state index contributed by atoms with van der Waals surface area (Å²) in [7, 11) is 0. The third-order valence-corrected chi connectivity index (χ3v) is 4.86. The molecular formula is C21H22N2O3. The van der Waals surface area contributed by atoms with E-state index in [4.69, 9.17) is 9.15 Å². The lowest BCUT2D eigenvalue weighted by Crippen LogP contribution is -2.40. The molecular weight excluding hydrogens is 328 g/mol. The number of carbonyl (C=O) groups is 1. The summed E-state index contributed by atoms with van der Waals surface area (Å²) in [4.78, 5) is 18.9. The van der Waals surface area contributed by atoms with Gasteiger partial charge < -0.3 is 14.1 Å². The molecule has 2 heterocycles. The summed E-state index contributed by atoms with van der Waals surface area (Å²) >= 11 is 0. The molecule has 0 radical (unpaired) electrons. The number of aromatic nitrogens is 1. The average Bonchev–Trinajstić information content (AvgIpc) is 3.10. The summed E-state index contributed by atoms with van der Waals surface area (Å²) in [6.45, 7) is 3.50. The molecule has 1 fully saturated rings. The zero-order valence-electron chi connectivity index (χ0n) is 14.9. The van der Waals surface area contributed by atoms with Crippen LogP contribution >= 0.6 is 0 Å². The summed E-state index contributed by atoms with van der Waals surface area (Å²) in [5, 5.41) is 0. The number of rotatable bonds is 4. The SMILES string of the molecule is Cc1cccc(OCC(=O)N2CCC(c3nc4ccccc4o3)CC2)c1. The Hall–Kier alpha value is -2.82. The van der Waals surface area contributed by atoms with E-state index < -0.39 is 0 Å². The topological polar surface area (TPSA) is 55.6 Å². The minimum Gasteiger partial charge on any atom is -0.484 e. The van der Waals surface area contributed by atoms with Crippen LogP contribution in [0.1, 0.15) is 30.2 Å². The molecule has 0 atom stereocenters. The minimum atomic E-state index is 0.0301. The third kappa shape index (κ3) is 3.57. The standard InChI is InChI=1S/C21H22N2O3/c1-15-5-4-6-17(13-15)25-14-20(24)23-11-9-16(10-12-23)21-22-18-7-2-3-8-19(18)26-21/h2-8,13,16H,9-12,14H2,1H3. The molecule has 4 rings (SSSR count). The van der Waals surface area contributed by atoms with E-state index in [0.29, 0.717) is 13.1 Å². The molecule has 5 nitrogen and oxygen atoms in total. The fourth-order valence-electron chi connectivity index (χ4n) is 3.38. The fraction of sp³-hybridized carbons (Fsp3) is 0.333. The van der Waals surface area contributed by atoms with Crippen molar-refractivity contribution in [3.05, 3.63) is 60.0 Å². The van der Waals surface area contributed by atoms with Crippen molar-refractivity contribution in [3.63, 3.8) is 0 Å². The molecule has 5 heteroatoms. The Morgan fingerprint density at radius 3 is 2.77 bits per heavy atom. The Labute approximate surface area is 152 Å². The lowest BCUT2D eigenvalue weighted by atomic mass is 9.97. The van der Waals surface area contributed by atoms with Crippen LogP contribution in [0.4, 0.5) is 0 Å². The van der Waals surface area contributed by atoms with Crippen LogP contribution in [0.5, 0.6) is 5.75 Å². The van der Waals surface area contributed by atoms with Crippen molar-refractivity contribution in [2.45, 2.75) is 25.7 Å². The molecule has 3 aromatic rings. The number of ether oxygens (including phenoxy) is 1. The van der Waals surface area contributed by atoms with E-state index in [9.17, 15) is 4.79 Å². The zero-order valence-corrected chi connectivity index (χ0v) is 14.9. The maximum atomic E-state index is 12.4. The minimum absolute atomic E-state index is 0.0301. The summed E-state index contributed by atoms with van der Waals surface area (Å²) in [6.07, 6.45) is 1.73. The highest BCUT2D eigenvalue weighted by atomic mass is 16.5. The molecule has 0 bridgehead atoms. The van der Waals surface area contributed by atoms with Crippen molar-refractivity contribution in [1.29, 1.82) is 0 Å². The number of nitrogens with zero attached hydrogens (tertiary/aromatic N) is 2. The van der Waals surface area contributed by atoms with Gasteiger partial charge in [0.05, 0.1) is 0 Å². The van der Waals surface area contributed by atoms with Gasteiger partial charge in [-0.25, -0.2) is 4.98 Å². The number of carbonyl (C=O) groups excluding carboxylic acids is 1. The van der Waals surface area contributed by atoms with Gasteiger partial charge in [-0.3, -0.25) is 4.79 Å². The predicted molar refractivity (Wildman–Crippen MR) is 99.2 cm³/mol. The van der Waals surface area contributed by atoms with E-state index in [0.717, 1.165) is 41.1 Å². The van der Waals surface area contributed by atoms with Crippen LogP contribution in [0.2, 0.25) is 0 Å². The zero-order chi connectivity index (χ0) is 17.9. The van der Waals surface area contributed by atoms with Crippen LogP contribution in [0.25, 0.3) is 11.1 Å². The molecule has 0 aliphatic carbocycles. The Balaban J connectivity index is 1.32. The van der Waals surface area contributed by atoms with Crippen LogP contribution in [0.15, 0.2) is 52.9 Å². The first-order chi connectivity index (χ1) is 12.7. The molecule has 0 saturated carbocycles. The van der Waals surface area contributed by atoms with E-state index in [1.165, 1.54) is 0 Å². The molecule has 1 amide bonds. The Bertz CT molecular complexity index is 877. The van der Waals surface area contributed by atoms with Gasteiger partial charge in [0.1, 0.15) is 11.3 Å². The number of likely N-dealkylation sites (tertiary alicyclic amines) is 1. The Kier molecular flexibility index (Phi) is 4.61. The van der Waals surface area contributed by atoms with E-state index in [-0.39, 0.29) is 18.4 Å². The largest absolute Gasteiger partial charge is 0.484 e. The van der Waals surface area contributed by atoms with E-state index in [1.54, 1.807) is 0 Å². The van der Waals surface area contributed by atoms with Gasteiger partial charge in [0, 0.05) is 19.0 Å². The van der Waals surface area contributed by atoms with Crippen LogP contribution < -0.4 is 4.74 Å². The summed E-state index contributed by atoms with van der Waals surface area (Å²) in [5.74, 6) is 1.82. The first kappa shape index (κ1) is 16.6. The maximum Gasteiger partial charge on any atom is 0.260 e. The van der Waals surface area contributed by atoms with Crippen molar-refractivity contribution in [3.8, 4) is 5.75 Å². The molecule has 134 valence electrons. The van der Waals surface area contributed by atoms with Crippen molar-refractivity contribution in [2.24, 2.45) is 0 Å². The molecule has 1 aromatic heterocycles. The summed E-state index contributed by atoms with van der Waals surface area (Å²) in [6, 6.07) is 15.6. The van der Waals surface area contributed by atoms with Crippen LogP contribution in [-0.4, -0.2) is 35.5 Å². The number of hydrogen-bond acceptors (Lipinski definition) is 4. The predicted octanol–water partition coefficient (Wildman–Crippen LogP) is 3.92. The molecule has 0 unspecified atom stereocenters. The van der Waals surface area contributed by atoms with Gasteiger partial charge in [-0.2, -0.15) is 0 Å². The van der Waals surface area contributed by atoms with E-state index in [2.05, 4.69) is 4.98 Å². The molecule has 0 N–H and O–H groups in total. The number of aryl methyl sites for hydroxylation is 1. The fourth-order valence-corrected chi connectivity index (χ4v) is 3.38. The molecule has 1 aliphatic rings. The lowest BCUT2D eigenvalue weighted by Gasteiger charge is -2.30. The number of benzene rings is 2. The smallest absolute Gasteiger partial charge is 0.260 e. The van der Waals surface area contributed by atoms with Crippen molar-refractivity contribution >= 4 is 17.0 Å². The molecule has 26 heavy (non-hydrogen) atoms. The first-order valence-electron chi connectivity index (χ1n) is 9.02. The quantitative estimate of drug-likeness (QED) is 0.716. The molecule has 2 aromatic carbocycles. The van der Waals surface area contributed by atoms with Crippen molar-refractivity contribution in [1.82, 2.24) is 9.88 Å². The first-order valence-corrected chi connectivity index (χ1v) is 9.02. The Morgan fingerprint density at radius 1 is 1.19 bits per heavy atom. The molecule has 1 saturated heterocycles. The van der Waals surface area contributed by atoms with Crippen LogP contribution in [-0.2, 0) is 4.79 Å². The second-order valence-corrected chi connectivity index (χ2v) is 6.78. The average molecular weight is 350 g/mol. The summed E-state index contributed by atoms with van der Waals surface area (Å²) < 4.78 is 11.5. The van der Waals surface area contributed by atoms with Gasteiger partial charge in [0.15, 0.2) is 18.1 Å². The summed E-state index contributed by atoms with van der Waals surface area (Å²) in [5.41, 5.74) is 2.84. The van der Waals surface area contributed by atoms with Crippen LogP contribution in [0, 0.1) is 6.92 Å². The maximum absolute atomic E-state index is 12.4. The van der Waals surface area contributed by atoms with Gasteiger partial charge in [0.2, 0.25) is 0 Å². The second kappa shape index (κ2) is 7.20. The van der Waals surface area contributed by atoms with E-state index in [1.807, 2.05) is 60.4 Å². The van der Waals surface area contributed by atoms with Gasteiger partial charge in [-0.15, -0.1) is 0 Å². The number of fused-ring (bicyclic) bond motifs is 1. The molecule has 0 spiro atoms. The van der Waals surface area contributed by atoms with Gasteiger partial charge >= 0.3 is 0 Å². The highest BCUT2D eigenvalue weighted by Crippen LogP contribution is 2.30. The van der Waals surface area contributed by atoms with E-state index >= 15 is 0 Å². The van der Waals surface area contributed by atoms with Gasteiger partial charge in [-0.1, -0.05) is 24.3 Å². The third-order valence-electron chi connectivity index (χ3n) is 4.86. The number of hydrogen-bond donors (Lipinski definition) is 0. The highest BCUT2D eigenvalue weighted by Gasteiger charge is 2.27. The monoisotopic (exact) mass is 350 g/mol. The highest BCUT2D eigenvalue weighted by molar-refractivity contribution is 5.78. The lowest BCUT2D eigenvalue weighted by molar-refractivity contribution is -0.134. The van der Waals surface area contributed by atoms with Crippen LogP contribution in [0.3, 0.4) is 0 Å². The number of oxazole rings is 1. The van der Waals surface area contributed by atoms with Gasteiger partial charge in [0.25, 0.3) is 5.91 Å². The normalized spacial score (nSPS) is 15.3.